The number of halogens is 1. The van der Waals surface area contributed by atoms with E-state index in [4.69, 9.17) is 4.98 Å². The van der Waals surface area contributed by atoms with E-state index < -0.39 is 0 Å². The average molecular weight is 451 g/mol. The van der Waals surface area contributed by atoms with Crippen LogP contribution in [0.1, 0.15) is 31.4 Å². The molecule has 1 saturated carbocycles. The quantitative estimate of drug-likeness (QED) is 0.451. The van der Waals surface area contributed by atoms with Crippen LogP contribution in [0.3, 0.4) is 0 Å². The molecule has 0 aliphatic heterocycles. The van der Waals surface area contributed by atoms with Crippen LogP contribution in [0.15, 0.2) is 30.5 Å². The number of anilines is 1. The average Bonchev–Trinajstić information content (AvgIpc) is 3.23. The summed E-state index contributed by atoms with van der Waals surface area (Å²) in [6, 6.07) is 8.86. The van der Waals surface area contributed by atoms with Crippen LogP contribution in [0.2, 0.25) is 0 Å². The van der Waals surface area contributed by atoms with E-state index in [2.05, 4.69) is 67.0 Å². The molecule has 24 heavy (non-hydrogen) atoms. The fourth-order valence-corrected chi connectivity index (χ4v) is 5.10. The predicted molar refractivity (Wildman–Crippen MR) is 109 cm³/mol. The second-order valence-corrected chi connectivity index (χ2v) is 8.24. The molecule has 3 aromatic rings. The van der Waals surface area contributed by atoms with Crippen LogP contribution in [0.4, 0.5) is 5.95 Å². The molecule has 1 aliphatic carbocycles. The molecule has 4 rings (SSSR count). The number of rotatable bonds is 4. The van der Waals surface area contributed by atoms with Gasteiger partial charge in [0.15, 0.2) is 0 Å². The Labute approximate surface area is 156 Å². The molecule has 0 saturated heterocycles. The second-order valence-electron chi connectivity index (χ2n) is 6.20. The molecule has 5 nitrogen and oxygen atoms in total. The van der Waals surface area contributed by atoms with Gasteiger partial charge in [0.1, 0.15) is 0 Å². The van der Waals surface area contributed by atoms with Crippen LogP contribution in [-0.2, 0) is 0 Å². The monoisotopic (exact) mass is 451 g/mol. The van der Waals surface area contributed by atoms with Crippen LogP contribution in [0.25, 0.3) is 22.2 Å². The molecule has 1 unspecified atom stereocenters. The van der Waals surface area contributed by atoms with Crippen LogP contribution in [0, 0.1) is 6.92 Å². The summed E-state index contributed by atoms with van der Waals surface area (Å²) in [5.41, 5.74) is 4.31. The van der Waals surface area contributed by atoms with Gasteiger partial charge in [-0.05, 0) is 60.0 Å². The molecule has 2 aromatic heterocycles. The molecule has 124 valence electrons. The van der Waals surface area contributed by atoms with Gasteiger partial charge in [0.25, 0.3) is 0 Å². The zero-order valence-electron chi connectivity index (χ0n) is 13.5. The molecule has 1 fully saturated rings. The molecule has 2 heterocycles. The van der Waals surface area contributed by atoms with Crippen LogP contribution >= 0.6 is 28.4 Å². The molecular weight excluding hydrogens is 432 g/mol. The Morgan fingerprint density at radius 2 is 2.08 bits per heavy atom. The maximum atomic E-state index is 4.72. The minimum atomic E-state index is 0.521. The van der Waals surface area contributed by atoms with E-state index in [-0.39, 0.29) is 0 Å². The van der Waals surface area contributed by atoms with Gasteiger partial charge in [0, 0.05) is 28.9 Å². The van der Waals surface area contributed by atoms with Crippen molar-refractivity contribution in [2.75, 3.05) is 5.32 Å². The highest BCUT2D eigenvalue weighted by Crippen LogP contribution is 2.31. The van der Waals surface area contributed by atoms with Gasteiger partial charge < -0.3 is 5.32 Å². The van der Waals surface area contributed by atoms with Gasteiger partial charge in [-0.15, -0.1) is 0 Å². The highest BCUT2D eigenvalue weighted by Gasteiger charge is 2.16. The molecule has 1 atom stereocenters. The van der Waals surface area contributed by atoms with Crippen LogP contribution in [-0.4, -0.2) is 25.6 Å². The zero-order chi connectivity index (χ0) is 16.5. The minimum absolute atomic E-state index is 0.521. The highest BCUT2D eigenvalue weighted by molar-refractivity contribution is 14.2. The van der Waals surface area contributed by atoms with Crippen molar-refractivity contribution >= 4 is 45.3 Å². The number of nitrogens with zero attached hydrogens (tertiary/aromatic N) is 4. The summed E-state index contributed by atoms with van der Waals surface area (Å²) in [5.74, 6) is 0.737. The maximum Gasteiger partial charge on any atom is 0.223 e. The molecule has 0 amide bonds. The van der Waals surface area contributed by atoms with Crippen molar-refractivity contribution in [3.63, 3.8) is 0 Å². The summed E-state index contributed by atoms with van der Waals surface area (Å²) in [4.78, 5) is 9.11. The number of benzene rings is 1. The first kappa shape index (κ1) is 16.2. The van der Waals surface area contributed by atoms with Crippen LogP contribution in [0.5, 0.6) is 0 Å². The van der Waals surface area contributed by atoms with Crippen LogP contribution < -0.4 is 5.32 Å². The summed E-state index contributed by atoms with van der Waals surface area (Å²) in [6.45, 7) is 2.12. The lowest BCUT2D eigenvalue weighted by atomic mass is 10.1. The molecule has 1 N–H and O–H groups in total. The van der Waals surface area contributed by atoms with Crippen molar-refractivity contribution in [3.05, 3.63) is 36.2 Å². The second kappa shape index (κ2) is 6.92. The third-order valence-corrected chi connectivity index (χ3v) is 6.60. The van der Waals surface area contributed by atoms with E-state index in [1.54, 1.807) is 0 Å². The third kappa shape index (κ3) is 3.14. The minimum Gasteiger partial charge on any atom is -0.351 e. The van der Waals surface area contributed by atoms with Crippen molar-refractivity contribution in [3.8, 4) is 11.3 Å². The number of fused-ring (bicyclic) bond motifs is 1. The van der Waals surface area contributed by atoms with Crippen molar-refractivity contribution in [2.45, 2.75) is 38.6 Å². The summed E-state index contributed by atoms with van der Waals surface area (Å²) in [5, 5.41) is 9.30. The van der Waals surface area contributed by atoms with Crippen molar-refractivity contribution in [2.24, 2.45) is 0 Å². The SMILES string of the molecule is Cc1c2cc(-c3ccnc(NC4CCCC4)n3)ccc2nn1PI. The maximum absolute atomic E-state index is 4.72. The van der Waals surface area contributed by atoms with Gasteiger partial charge in [-0.1, -0.05) is 18.9 Å². The predicted octanol–water partition coefficient (Wildman–Crippen LogP) is 4.95. The van der Waals surface area contributed by atoms with Crippen molar-refractivity contribution in [1.29, 1.82) is 0 Å². The Bertz CT molecular complexity index is 873. The molecule has 0 bridgehead atoms. The summed E-state index contributed by atoms with van der Waals surface area (Å²) >= 11 is 2.36. The van der Waals surface area contributed by atoms with Gasteiger partial charge in [0.2, 0.25) is 5.95 Å². The Morgan fingerprint density at radius 1 is 1.25 bits per heavy atom. The fourth-order valence-electron chi connectivity index (χ4n) is 3.29. The number of aromatic nitrogens is 4. The topological polar surface area (TPSA) is 55.6 Å². The Hall–Kier alpha value is -1.27. The fraction of sp³-hybridized carbons (Fsp3) is 0.353. The number of hydrogen-bond donors (Lipinski definition) is 1. The zero-order valence-corrected chi connectivity index (χ0v) is 16.6. The van der Waals surface area contributed by atoms with E-state index in [0.29, 0.717) is 12.4 Å². The van der Waals surface area contributed by atoms with E-state index >= 15 is 0 Å². The smallest absolute Gasteiger partial charge is 0.223 e. The molecule has 1 aliphatic rings. The Morgan fingerprint density at radius 3 is 2.88 bits per heavy atom. The Kier molecular flexibility index (Phi) is 4.68. The largest absolute Gasteiger partial charge is 0.351 e. The van der Waals surface area contributed by atoms with Gasteiger partial charge in [-0.3, -0.25) is 0 Å². The van der Waals surface area contributed by atoms with Gasteiger partial charge in [-0.25, -0.2) is 14.4 Å². The first-order valence-electron chi connectivity index (χ1n) is 8.20. The number of hydrogen-bond acceptors (Lipinski definition) is 4. The molecule has 0 radical (unpaired) electrons. The normalized spacial score (nSPS) is 15.8. The van der Waals surface area contributed by atoms with E-state index in [1.807, 2.05) is 12.3 Å². The number of nitrogens with one attached hydrogen (secondary N) is 1. The summed E-state index contributed by atoms with van der Waals surface area (Å²) in [7, 11) is 0. The van der Waals surface area contributed by atoms with Gasteiger partial charge in [-0.2, -0.15) is 5.10 Å². The van der Waals surface area contributed by atoms with Crippen molar-refractivity contribution < 1.29 is 0 Å². The van der Waals surface area contributed by atoms with E-state index in [1.165, 1.54) is 36.8 Å². The summed E-state index contributed by atoms with van der Waals surface area (Å²) in [6.07, 6.45) is 7.49. The standard InChI is InChI=1S/C17H19IN5P/c1-11-14-10-12(6-7-16(14)22-23(11)24-18)15-8-9-19-17(21-15)20-13-4-2-3-5-13/h6-10,13,24H,2-5H2,1H3,(H,19,20,21). The van der Waals surface area contributed by atoms with Gasteiger partial charge in [0.05, 0.1) is 17.6 Å². The Balaban J connectivity index is 1.67. The molecule has 1 aromatic carbocycles. The van der Waals surface area contributed by atoms with E-state index in [9.17, 15) is 0 Å². The molecular formula is C17H19IN5P. The first-order chi connectivity index (χ1) is 11.7. The van der Waals surface area contributed by atoms with Gasteiger partial charge >= 0.3 is 0 Å². The number of aryl methyl sites for hydroxylation is 1. The van der Waals surface area contributed by atoms with E-state index in [0.717, 1.165) is 22.7 Å². The lowest BCUT2D eigenvalue weighted by molar-refractivity contribution is 0.744. The molecule has 0 spiro atoms. The highest BCUT2D eigenvalue weighted by atomic mass is 127. The summed E-state index contributed by atoms with van der Waals surface area (Å²) < 4.78 is 2.06. The lowest BCUT2D eigenvalue weighted by Crippen LogP contribution is -2.16. The van der Waals surface area contributed by atoms with Crippen molar-refractivity contribution in [1.82, 2.24) is 19.5 Å². The lowest BCUT2D eigenvalue weighted by Gasteiger charge is -2.12. The molecule has 7 heteroatoms. The third-order valence-electron chi connectivity index (χ3n) is 4.63. The first-order valence-corrected chi connectivity index (χ1v) is 12.3.